The Hall–Kier alpha value is -2.38. The predicted molar refractivity (Wildman–Crippen MR) is 75.3 cm³/mol. The number of rotatable bonds is 2. The van der Waals surface area contributed by atoms with Gasteiger partial charge in [0.05, 0.1) is 5.56 Å². The molecule has 0 atom stereocenters. The van der Waals surface area contributed by atoms with Crippen LogP contribution in [0.25, 0.3) is 0 Å². The van der Waals surface area contributed by atoms with Crippen molar-refractivity contribution in [3.05, 3.63) is 63.9 Å². The molecule has 0 aliphatic heterocycles. The van der Waals surface area contributed by atoms with E-state index >= 15 is 0 Å². The number of anilines is 1. The average molecular weight is 289 g/mol. The third-order valence-electron chi connectivity index (χ3n) is 2.76. The van der Waals surface area contributed by atoms with E-state index in [9.17, 15) is 9.18 Å². The zero-order valence-electron chi connectivity index (χ0n) is 10.6. The highest BCUT2D eigenvalue weighted by atomic mass is 35.5. The Bertz CT molecular complexity index is 722. The number of benzene rings is 2. The number of hydrogen-bond donors (Lipinski definition) is 1. The number of hydrogen-bond acceptors (Lipinski definition) is 2. The van der Waals surface area contributed by atoms with Gasteiger partial charge in [0.25, 0.3) is 5.91 Å². The van der Waals surface area contributed by atoms with Gasteiger partial charge < -0.3 is 5.32 Å². The van der Waals surface area contributed by atoms with E-state index in [1.807, 2.05) is 0 Å². The summed E-state index contributed by atoms with van der Waals surface area (Å²) in [5.74, 6) is -0.965. The van der Waals surface area contributed by atoms with E-state index in [1.165, 1.54) is 12.1 Å². The number of carbonyl (C=O) groups is 1. The average Bonchev–Trinajstić information content (AvgIpc) is 2.43. The highest BCUT2D eigenvalue weighted by molar-refractivity contribution is 6.31. The van der Waals surface area contributed by atoms with E-state index in [0.29, 0.717) is 16.3 Å². The third-order valence-corrected chi connectivity index (χ3v) is 3.19. The first-order valence-corrected chi connectivity index (χ1v) is 6.16. The van der Waals surface area contributed by atoms with Crippen molar-refractivity contribution in [2.45, 2.75) is 6.92 Å². The van der Waals surface area contributed by atoms with Gasteiger partial charge in [-0.25, -0.2) is 4.39 Å². The lowest BCUT2D eigenvalue weighted by Gasteiger charge is -2.07. The number of amides is 1. The predicted octanol–water partition coefficient (Wildman–Crippen LogP) is 3.91. The Labute approximate surface area is 120 Å². The van der Waals surface area contributed by atoms with Gasteiger partial charge in [-0.1, -0.05) is 11.6 Å². The second-order valence-corrected chi connectivity index (χ2v) is 4.63. The smallest absolute Gasteiger partial charge is 0.255 e. The maximum Gasteiger partial charge on any atom is 0.255 e. The zero-order chi connectivity index (χ0) is 14.7. The minimum atomic E-state index is -0.618. The standard InChI is InChI=1S/C15H10ClFN2O/c1-9-6-10(2-4-13(9)16)15(20)19-12-3-5-14(17)11(7-12)8-18/h2-7H,1H3,(H,19,20). The monoisotopic (exact) mass is 288 g/mol. The second kappa shape index (κ2) is 5.72. The van der Waals surface area contributed by atoms with Crippen LogP contribution in [0.15, 0.2) is 36.4 Å². The lowest BCUT2D eigenvalue weighted by atomic mass is 10.1. The molecule has 0 radical (unpaired) electrons. The summed E-state index contributed by atoms with van der Waals surface area (Å²) in [4.78, 5) is 12.0. The minimum absolute atomic E-state index is 0.116. The summed E-state index contributed by atoms with van der Waals surface area (Å²) >= 11 is 5.89. The van der Waals surface area contributed by atoms with E-state index in [4.69, 9.17) is 16.9 Å². The van der Waals surface area contributed by atoms with Crippen molar-refractivity contribution in [3.63, 3.8) is 0 Å². The SMILES string of the molecule is Cc1cc(C(=O)Nc2ccc(F)c(C#N)c2)ccc1Cl. The van der Waals surface area contributed by atoms with Crippen molar-refractivity contribution in [2.24, 2.45) is 0 Å². The van der Waals surface area contributed by atoms with Crippen LogP contribution in [0.2, 0.25) is 5.02 Å². The van der Waals surface area contributed by atoms with Crippen molar-refractivity contribution in [3.8, 4) is 6.07 Å². The first-order chi connectivity index (χ1) is 9.51. The number of aryl methyl sites for hydroxylation is 1. The van der Waals surface area contributed by atoms with Crippen LogP contribution in [-0.4, -0.2) is 5.91 Å². The summed E-state index contributed by atoms with van der Waals surface area (Å²) in [5, 5.41) is 11.9. The van der Waals surface area contributed by atoms with Crippen LogP contribution < -0.4 is 5.32 Å². The molecule has 0 spiro atoms. The van der Waals surface area contributed by atoms with Gasteiger partial charge in [0.1, 0.15) is 11.9 Å². The van der Waals surface area contributed by atoms with Gasteiger partial charge in [-0.2, -0.15) is 5.26 Å². The fraction of sp³-hybridized carbons (Fsp3) is 0.0667. The molecular formula is C15H10ClFN2O. The van der Waals surface area contributed by atoms with Gasteiger partial charge in [0.2, 0.25) is 0 Å². The Balaban J connectivity index is 2.23. The summed E-state index contributed by atoms with van der Waals surface area (Å²) in [6.07, 6.45) is 0. The minimum Gasteiger partial charge on any atom is -0.322 e. The van der Waals surface area contributed by atoms with Gasteiger partial charge in [0.15, 0.2) is 0 Å². The third kappa shape index (κ3) is 2.95. The molecule has 0 heterocycles. The van der Waals surface area contributed by atoms with Crippen molar-refractivity contribution < 1.29 is 9.18 Å². The zero-order valence-corrected chi connectivity index (χ0v) is 11.3. The summed E-state index contributed by atoms with van der Waals surface area (Å²) in [5.41, 5.74) is 1.47. The van der Waals surface area contributed by atoms with Gasteiger partial charge >= 0.3 is 0 Å². The van der Waals surface area contributed by atoms with Crippen LogP contribution in [0, 0.1) is 24.1 Å². The summed E-state index contributed by atoms with van der Waals surface area (Å²) in [6.45, 7) is 1.80. The molecule has 0 fully saturated rings. The van der Waals surface area contributed by atoms with Crippen LogP contribution in [0.5, 0.6) is 0 Å². The number of halogens is 2. The molecule has 0 aliphatic rings. The number of nitrogens with zero attached hydrogens (tertiary/aromatic N) is 1. The van der Waals surface area contributed by atoms with Gasteiger partial charge in [0, 0.05) is 16.3 Å². The van der Waals surface area contributed by atoms with E-state index in [2.05, 4.69) is 5.32 Å². The highest BCUT2D eigenvalue weighted by Crippen LogP contribution is 2.18. The molecule has 0 bridgehead atoms. The first kappa shape index (κ1) is 14.0. The molecule has 5 heteroatoms. The molecule has 100 valence electrons. The summed E-state index contributed by atoms with van der Waals surface area (Å²) in [6, 6.07) is 10.4. The highest BCUT2D eigenvalue weighted by Gasteiger charge is 2.09. The van der Waals surface area contributed by atoms with Crippen molar-refractivity contribution in [1.82, 2.24) is 0 Å². The Morgan fingerprint density at radius 1 is 1.30 bits per heavy atom. The molecule has 0 saturated heterocycles. The van der Waals surface area contributed by atoms with Crippen molar-refractivity contribution in [2.75, 3.05) is 5.32 Å². The maximum atomic E-state index is 13.2. The number of carbonyl (C=O) groups excluding carboxylic acids is 1. The largest absolute Gasteiger partial charge is 0.322 e. The van der Waals surface area contributed by atoms with Crippen molar-refractivity contribution >= 4 is 23.2 Å². The quantitative estimate of drug-likeness (QED) is 0.911. The number of nitrogens with one attached hydrogen (secondary N) is 1. The molecule has 0 unspecified atom stereocenters. The van der Waals surface area contributed by atoms with Gasteiger partial charge in [-0.3, -0.25) is 4.79 Å². The van der Waals surface area contributed by atoms with E-state index in [0.717, 1.165) is 11.6 Å². The first-order valence-electron chi connectivity index (χ1n) is 5.78. The number of nitriles is 1. The molecule has 2 aromatic carbocycles. The molecular weight excluding hydrogens is 279 g/mol. The molecule has 0 saturated carbocycles. The summed E-state index contributed by atoms with van der Waals surface area (Å²) in [7, 11) is 0. The summed E-state index contributed by atoms with van der Waals surface area (Å²) < 4.78 is 13.2. The fourth-order valence-corrected chi connectivity index (χ4v) is 1.80. The van der Waals surface area contributed by atoms with E-state index < -0.39 is 5.82 Å². The molecule has 20 heavy (non-hydrogen) atoms. The Morgan fingerprint density at radius 3 is 2.70 bits per heavy atom. The van der Waals surface area contributed by atoms with Crippen molar-refractivity contribution in [1.29, 1.82) is 5.26 Å². The maximum absolute atomic E-state index is 13.2. The molecule has 1 amide bonds. The lowest BCUT2D eigenvalue weighted by Crippen LogP contribution is -2.12. The Kier molecular flexibility index (Phi) is 4.02. The van der Waals surface area contributed by atoms with Crippen LogP contribution in [-0.2, 0) is 0 Å². The topological polar surface area (TPSA) is 52.9 Å². The molecule has 0 aliphatic carbocycles. The molecule has 1 N–H and O–H groups in total. The van der Waals surface area contributed by atoms with Gasteiger partial charge in [-0.05, 0) is 48.9 Å². The van der Waals surface area contributed by atoms with Gasteiger partial charge in [-0.15, -0.1) is 0 Å². The normalized spacial score (nSPS) is 9.90. The molecule has 2 rings (SSSR count). The van der Waals surface area contributed by atoms with E-state index in [-0.39, 0.29) is 11.5 Å². The fourth-order valence-electron chi connectivity index (χ4n) is 1.68. The van der Waals surface area contributed by atoms with Crippen LogP contribution in [0.4, 0.5) is 10.1 Å². The van der Waals surface area contributed by atoms with Crippen LogP contribution in [0.1, 0.15) is 21.5 Å². The Morgan fingerprint density at radius 2 is 2.05 bits per heavy atom. The van der Waals surface area contributed by atoms with E-state index in [1.54, 1.807) is 31.2 Å². The lowest BCUT2D eigenvalue weighted by molar-refractivity contribution is 0.102. The molecule has 0 aromatic heterocycles. The second-order valence-electron chi connectivity index (χ2n) is 4.22. The molecule has 3 nitrogen and oxygen atoms in total. The molecule has 2 aromatic rings. The van der Waals surface area contributed by atoms with Crippen LogP contribution >= 0.6 is 11.6 Å². The van der Waals surface area contributed by atoms with Crippen LogP contribution in [0.3, 0.4) is 0 Å².